The lowest BCUT2D eigenvalue weighted by atomic mass is 9.81. The molecule has 1 saturated carbocycles. The standard InChI is InChI=1S/C23H22O3/c1-16-5-7-18(8-6-16)15-19-3-2-4-21(23(19)26)22(25)14-11-17-9-12-20(24)13-10-17/h5-15,21,24H,2-4H2,1H3/b14-11+,19-15+. The van der Waals surface area contributed by atoms with Crippen LogP contribution in [0.15, 0.2) is 60.2 Å². The molecule has 0 aromatic heterocycles. The summed E-state index contributed by atoms with van der Waals surface area (Å²) in [6, 6.07) is 14.6. The summed E-state index contributed by atoms with van der Waals surface area (Å²) < 4.78 is 0. The SMILES string of the molecule is Cc1ccc(/C=C2\CCCC(C(=O)/C=C/c3ccc(O)cc3)C2=O)cc1. The van der Waals surface area contributed by atoms with Gasteiger partial charge in [-0.05, 0) is 67.2 Å². The zero-order valence-electron chi connectivity index (χ0n) is 14.8. The van der Waals surface area contributed by atoms with Crippen molar-refractivity contribution in [2.75, 3.05) is 0 Å². The van der Waals surface area contributed by atoms with Crippen LogP contribution < -0.4 is 0 Å². The number of aryl methyl sites for hydroxylation is 1. The van der Waals surface area contributed by atoms with Crippen molar-refractivity contribution < 1.29 is 14.7 Å². The van der Waals surface area contributed by atoms with Gasteiger partial charge in [-0.2, -0.15) is 0 Å². The van der Waals surface area contributed by atoms with Gasteiger partial charge in [-0.3, -0.25) is 9.59 Å². The molecule has 0 heterocycles. The van der Waals surface area contributed by atoms with Gasteiger partial charge in [0.1, 0.15) is 5.75 Å². The molecule has 1 unspecified atom stereocenters. The first-order chi connectivity index (χ1) is 12.5. The minimum atomic E-state index is -0.589. The number of ketones is 2. The minimum absolute atomic E-state index is 0.0582. The number of allylic oxidation sites excluding steroid dienone is 2. The monoisotopic (exact) mass is 346 g/mol. The Morgan fingerprint density at radius 1 is 1.04 bits per heavy atom. The van der Waals surface area contributed by atoms with Crippen LogP contribution in [0.1, 0.15) is 36.0 Å². The van der Waals surface area contributed by atoms with Crippen LogP contribution in [0.2, 0.25) is 0 Å². The lowest BCUT2D eigenvalue weighted by Gasteiger charge is -2.21. The van der Waals surface area contributed by atoms with Crippen molar-refractivity contribution in [2.24, 2.45) is 5.92 Å². The van der Waals surface area contributed by atoms with Crippen LogP contribution in [0.4, 0.5) is 0 Å². The molecule has 0 radical (unpaired) electrons. The quantitative estimate of drug-likeness (QED) is 0.643. The van der Waals surface area contributed by atoms with Gasteiger partial charge >= 0.3 is 0 Å². The van der Waals surface area contributed by atoms with Gasteiger partial charge in [-0.25, -0.2) is 0 Å². The van der Waals surface area contributed by atoms with E-state index in [1.54, 1.807) is 30.3 Å². The van der Waals surface area contributed by atoms with Crippen LogP contribution >= 0.6 is 0 Å². The first kappa shape index (κ1) is 17.9. The fourth-order valence-electron chi connectivity index (χ4n) is 3.13. The molecule has 1 N–H and O–H groups in total. The number of benzene rings is 2. The van der Waals surface area contributed by atoms with Crippen LogP contribution in [0.3, 0.4) is 0 Å². The molecule has 0 bridgehead atoms. The summed E-state index contributed by atoms with van der Waals surface area (Å²) in [5.74, 6) is -0.620. The van der Waals surface area contributed by atoms with Crippen LogP contribution in [-0.4, -0.2) is 16.7 Å². The number of Topliss-reactive ketones (excluding diaryl/α,β-unsaturated/α-hetero) is 1. The van der Waals surface area contributed by atoms with Crippen molar-refractivity contribution in [3.63, 3.8) is 0 Å². The number of hydrogen-bond acceptors (Lipinski definition) is 3. The maximum absolute atomic E-state index is 12.7. The van der Waals surface area contributed by atoms with E-state index in [9.17, 15) is 14.7 Å². The first-order valence-electron chi connectivity index (χ1n) is 8.85. The van der Waals surface area contributed by atoms with E-state index >= 15 is 0 Å². The Bertz CT molecular complexity index is 855. The molecule has 1 aliphatic rings. The maximum atomic E-state index is 12.7. The summed E-state index contributed by atoms with van der Waals surface area (Å²) in [6.07, 6.45) is 7.23. The number of phenolic OH excluding ortho intramolecular Hbond substituents is 1. The number of carbonyl (C=O) groups excluding carboxylic acids is 2. The molecule has 2 aromatic carbocycles. The Morgan fingerprint density at radius 2 is 1.69 bits per heavy atom. The molecule has 1 atom stereocenters. The Labute approximate surface area is 153 Å². The number of hydrogen-bond donors (Lipinski definition) is 1. The van der Waals surface area contributed by atoms with Crippen molar-refractivity contribution in [1.82, 2.24) is 0 Å². The Kier molecular flexibility index (Phi) is 5.47. The third-order valence-electron chi connectivity index (χ3n) is 4.67. The number of aromatic hydroxyl groups is 1. The van der Waals surface area contributed by atoms with Gasteiger partial charge in [0.2, 0.25) is 0 Å². The minimum Gasteiger partial charge on any atom is -0.508 e. The summed E-state index contributed by atoms with van der Waals surface area (Å²) in [7, 11) is 0. The van der Waals surface area contributed by atoms with Crippen LogP contribution in [-0.2, 0) is 9.59 Å². The average Bonchev–Trinajstić information content (AvgIpc) is 2.64. The summed E-state index contributed by atoms with van der Waals surface area (Å²) in [5, 5.41) is 9.30. The zero-order chi connectivity index (χ0) is 18.5. The van der Waals surface area contributed by atoms with E-state index in [0.29, 0.717) is 6.42 Å². The van der Waals surface area contributed by atoms with Crippen LogP contribution in [0, 0.1) is 12.8 Å². The molecule has 26 heavy (non-hydrogen) atoms. The summed E-state index contributed by atoms with van der Waals surface area (Å²) in [5.41, 5.74) is 3.72. The fourth-order valence-corrected chi connectivity index (χ4v) is 3.13. The average molecular weight is 346 g/mol. The van der Waals surface area contributed by atoms with Crippen molar-refractivity contribution in [2.45, 2.75) is 26.2 Å². The summed E-state index contributed by atoms with van der Waals surface area (Å²) in [4.78, 5) is 25.2. The van der Waals surface area contributed by atoms with E-state index in [2.05, 4.69) is 0 Å². The molecule has 0 aliphatic heterocycles. The fraction of sp³-hybridized carbons (Fsp3) is 0.217. The van der Waals surface area contributed by atoms with E-state index in [4.69, 9.17) is 0 Å². The third-order valence-corrected chi connectivity index (χ3v) is 4.67. The Morgan fingerprint density at radius 3 is 2.38 bits per heavy atom. The molecule has 132 valence electrons. The number of phenols is 1. The van der Waals surface area contributed by atoms with Crippen molar-refractivity contribution in [3.05, 3.63) is 76.9 Å². The molecule has 0 saturated heterocycles. The van der Waals surface area contributed by atoms with E-state index in [1.807, 2.05) is 37.3 Å². The van der Waals surface area contributed by atoms with Gasteiger partial charge in [-0.15, -0.1) is 0 Å². The van der Waals surface area contributed by atoms with E-state index in [-0.39, 0.29) is 17.3 Å². The summed E-state index contributed by atoms with van der Waals surface area (Å²) in [6.45, 7) is 2.03. The predicted octanol–water partition coefficient (Wildman–Crippen LogP) is 4.74. The molecular formula is C23H22O3. The van der Waals surface area contributed by atoms with Gasteiger partial charge < -0.3 is 5.11 Å². The van der Waals surface area contributed by atoms with Gasteiger partial charge in [0, 0.05) is 0 Å². The highest BCUT2D eigenvalue weighted by molar-refractivity contribution is 6.16. The second kappa shape index (κ2) is 7.96. The van der Waals surface area contributed by atoms with Crippen molar-refractivity contribution in [3.8, 4) is 5.75 Å². The second-order valence-corrected chi connectivity index (χ2v) is 6.72. The predicted molar refractivity (Wildman–Crippen MR) is 104 cm³/mol. The lowest BCUT2D eigenvalue weighted by molar-refractivity contribution is -0.129. The molecule has 1 aliphatic carbocycles. The van der Waals surface area contributed by atoms with Crippen LogP contribution in [0.5, 0.6) is 5.75 Å². The summed E-state index contributed by atoms with van der Waals surface area (Å²) >= 11 is 0. The van der Waals surface area contributed by atoms with Gasteiger partial charge in [0.25, 0.3) is 0 Å². The highest BCUT2D eigenvalue weighted by Gasteiger charge is 2.30. The zero-order valence-corrected chi connectivity index (χ0v) is 14.8. The molecule has 3 rings (SSSR count). The van der Waals surface area contributed by atoms with Crippen LogP contribution in [0.25, 0.3) is 12.2 Å². The first-order valence-corrected chi connectivity index (χ1v) is 8.85. The molecule has 0 amide bonds. The normalized spacial score (nSPS) is 19.2. The van der Waals surface area contributed by atoms with E-state index in [1.165, 1.54) is 11.6 Å². The van der Waals surface area contributed by atoms with Gasteiger partial charge in [0.05, 0.1) is 5.92 Å². The lowest BCUT2D eigenvalue weighted by Crippen LogP contribution is -2.27. The largest absolute Gasteiger partial charge is 0.508 e. The molecular weight excluding hydrogens is 324 g/mol. The van der Waals surface area contributed by atoms with Crippen molar-refractivity contribution in [1.29, 1.82) is 0 Å². The third kappa shape index (κ3) is 4.37. The van der Waals surface area contributed by atoms with Gasteiger partial charge in [0.15, 0.2) is 11.6 Å². The van der Waals surface area contributed by atoms with Crippen molar-refractivity contribution >= 4 is 23.7 Å². The van der Waals surface area contributed by atoms with Gasteiger partial charge in [-0.1, -0.05) is 48.0 Å². The molecule has 1 fully saturated rings. The smallest absolute Gasteiger partial charge is 0.169 e. The Balaban J connectivity index is 1.73. The maximum Gasteiger partial charge on any atom is 0.169 e. The topological polar surface area (TPSA) is 54.4 Å². The Hall–Kier alpha value is -2.94. The molecule has 3 heteroatoms. The highest BCUT2D eigenvalue weighted by atomic mass is 16.3. The highest BCUT2D eigenvalue weighted by Crippen LogP contribution is 2.28. The molecule has 0 spiro atoms. The number of rotatable bonds is 4. The molecule has 2 aromatic rings. The molecule has 3 nitrogen and oxygen atoms in total. The second-order valence-electron chi connectivity index (χ2n) is 6.72. The number of carbonyl (C=O) groups is 2. The van der Waals surface area contributed by atoms with E-state index in [0.717, 1.165) is 29.5 Å². The van der Waals surface area contributed by atoms with E-state index < -0.39 is 5.92 Å².